The zero-order valence-corrected chi connectivity index (χ0v) is 10.8. The van der Waals surface area contributed by atoms with E-state index in [2.05, 4.69) is 20.7 Å². The molecule has 0 spiro atoms. The van der Waals surface area contributed by atoms with Crippen LogP contribution >= 0.6 is 0 Å². The normalized spacial score (nSPS) is 10.2. The third-order valence-corrected chi connectivity index (χ3v) is 2.41. The maximum atomic E-state index is 10.8. The molecule has 0 fully saturated rings. The first-order chi connectivity index (χ1) is 9.19. The number of anilines is 2. The van der Waals surface area contributed by atoms with E-state index >= 15 is 0 Å². The predicted molar refractivity (Wildman–Crippen MR) is 70.7 cm³/mol. The van der Waals surface area contributed by atoms with Crippen molar-refractivity contribution in [1.82, 2.24) is 9.97 Å². The Kier molecular flexibility index (Phi) is 6.47. The number of hydrogen-bond donors (Lipinski definition) is 3. The summed E-state index contributed by atoms with van der Waals surface area (Å²) >= 11 is 0. The van der Waals surface area contributed by atoms with Crippen molar-refractivity contribution in [2.45, 2.75) is 19.3 Å². The van der Waals surface area contributed by atoms with Crippen LogP contribution in [0.2, 0.25) is 0 Å². The van der Waals surface area contributed by atoms with E-state index in [-0.39, 0.29) is 17.5 Å². The summed E-state index contributed by atoms with van der Waals surface area (Å²) in [6.45, 7) is 1.31. The highest BCUT2D eigenvalue weighted by atomic mass is 16.6. The van der Waals surface area contributed by atoms with Crippen LogP contribution in [0.3, 0.4) is 0 Å². The lowest BCUT2D eigenvalue weighted by Gasteiger charge is -2.07. The Labute approximate surface area is 110 Å². The minimum absolute atomic E-state index is 0.132. The molecule has 106 valence electrons. The van der Waals surface area contributed by atoms with Gasteiger partial charge in [0.2, 0.25) is 11.8 Å². The Hall–Kier alpha value is -2.00. The number of methoxy groups -OCH3 is 1. The van der Waals surface area contributed by atoms with Crippen LogP contribution in [0.15, 0.2) is 6.20 Å². The molecule has 0 bridgehead atoms. The number of nitrogens with zero attached hydrogens (tertiary/aromatic N) is 3. The number of hydrazine groups is 1. The lowest BCUT2D eigenvalue weighted by Crippen LogP contribution is -2.13. The third kappa shape index (κ3) is 5.02. The van der Waals surface area contributed by atoms with Crippen molar-refractivity contribution >= 4 is 17.5 Å². The molecule has 0 saturated carbocycles. The number of unbranched alkanes of at least 4 members (excludes halogenated alkanes) is 2. The van der Waals surface area contributed by atoms with Crippen molar-refractivity contribution in [1.29, 1.82) is 0 Å². The van der Waals surface area contributed by atoms with Gasteiger partial charge in [-0.05, 0) is 19.3 Å². The van der Waals surface area contributed by atoms with Gasteiger partial charge in [-0.3, -0.25) is 15.5 Å². The Morgan fingerprint density at radius 2 is 2.26 bits per heavy atom. The van der Waals surface area contributed by atoms with E-state index in [9.17, 15) is 10.1 Å². The van der Waals surface area contributed by atoms with E-state index in [1.807, 2.05) is 0 Å². The lowest BCUT2D eigenvalue weighted by molar-refractivity contribution is -0.384. The van der Waals surface area contributed by atoms with Gasteiger partial charge in [-0.2, -0.15) is 4.98 Å². The minimum Gasteiger partial charge on any atom is -0.385 e. The summed E-state index contributed by atoms with van der Waals surface area (Å²) in [6.07, 6.45) is 3.92. The number of aromatic nitrogens is 2. The molecule has 0 saturated heterocycles. The third-order valence-electron chi connectivity index (χ3n) is 2.41. The number of nitro groups is 1. The van der Waals surface area contributed by atoms with E-state index in [0.29, 0.717) is 6.54 Å². The molecule has 9 nitrogen and oxygen atoms in total. The van der Waals surface area contributed by atoms with Crippen molar-refractivity contribution in [3.63, 3.8) is 0 Å². The fraction of sp³-hybridized carbons (Fsp3) is 0.600. The van der Waals surface area contributed by atoms with Gasteiger partial charge < -0.3 is 10.1 Å². The lowest BCUT2D eigenvalue weighted by atomic mass is 10.2. The van der Waals surface area contributed by atoms with E-state index in [1.54, 1.807) is 7.11 Å². The first kappa shape index (κ1) is 15.1. The Morgan fingerprint density at radius 3 is 2.89 bits per heavy atom. The minimum atomic E-state index is -0.534. The number of rotatable bonds is 9. The zero-order chi connectivity index (χ0) is 14.1. The maximum absolute atomic E-state index is 10.8. The van der Waals surface area contributed by atoms with Gasteiger partial charge >= 0.3 is 5.69 Å². The zero-order valence-electron chi connectivity index (χ0n) is 10.8. The van der Waals surface area contributed by atoms with Crippen LogP contribution in [0.25, 0.3) is 0 Å². The highest BCUT2D eigenvalue weighted by Crippen LogP contribution is 2.21. The Balaban J connectivity index is 2.52. The molecule has 1 heterocycles. The number of nitrogens with one attached hydrogen (secondary N) is 2. The summed E-state index contributed by atoms with van der Waals surface area (Å²) in [5.74, 6) is 5.47. The van der Waals surface area contributed by atoms with Crippen LogP contribution in [0.5, 0.6) is 0 Å². The summed E-state index contributed by atoms with van der Waals surface area (Å²) in [4.78, 5) is 17.9. The quantitative estimate of drug-likeness (QED) is 0.261. The molecule has 0 aliphatic rings. The number of ether oxygens (including phenoxy) is 1. The summed E-state index contributed by atoms with van der Waals surface area (Å²) in [7, 11) is 1.66. The van der Waals surface area contributed by atoms with Crippen LogP contribution < -0.4 is 16.6 Å². The molecule has 0 aromatic carbocycles. The van der Waals surface area contributed by atoms with E-state index in [0.717, 1.165) is 32.1 Å². The molecule has 0 radical (unpaired) electrons. The fourth-order valence-electron chi connectivity index (χ4n) is 1.46. The molecule has 9 heteroatoms. The molecular weight excluding hydrogens is 252 g/mol. The van der Waals surface area contributed by atoms with Crippen LogP contribution in [-0.4, -0.2) is 35.2 Å². The van der Waals surface area contributed by atoms with Crippen molar-refractivity contribution in [2.24, 2.45) is 5.84 Å². The highest BCUT2D eigenvalue weighted by Gasteiger charge is 2.16. The fourth-order valence-corrected chi connectivity index (χ4v) is 1.46. The molecule has 1 aromatic heterocycles. The Morgan fingerprint density at radius 1 is 1.47 bits per heavy atom. The van der Waals surface area contributed by atoms with Gasteiger partial charge in [-0.15, -0.1) is 0 Å². The number of nitrogen functional groups attached to an aromatic ring is 1. The van der Waals surface area contributed by atoms with E-state index < -0.39 is 4.92 Å². The molecule has 0 aliphatic heterocycles. The number of hydrogen-bond acceptors (Lipinski definition) is 8. The molecule has 4 N–H and O–H groups in total. The second-order valence-electron chi connectivity index (χ2n) is 3.81. The highest BCUT2D eigenvalue weighted by molar-refractivity contribution is 5.56. The average molecular weight is 270 g/mol. The summed E-state index contributed by atoms with van der Waals surface area (Å²) in [5, 5.41) is 13.7. The molecule has 0 atom stereocenters. The standard InChI is InChI=1S/C10H18N6O3/c1-19-6-4-2-3-5-12-9-8(16(17)18)7-13-10(14-9)15-11/h7H,2-6,11H2,1H3,(H2,12,13,14,15). The van der Waals surface area contributed by atoms with Gasteiger partial charge in [0.1, 0.15) is 6.20 Å². The van der Waals surface area contributed by atoms with Crippen LogP contribution in [0.1, 0.15) is 19.3 Å². The van der Waals surface area contributed by atoms with E-state index in [1.165, 1.54) is 0 Å². The van der Waals surface area contributed by atoms with Crippen molar-refractivity contribution in [3.8, 4) is 0 Å². The SMILES string of the molecule is COCCCCCNc1nc(NN)ncc1[N+](=O)[O-]. The smallest absolute Gasteiger partial charge is 0.329 e. The van der Waals surface area contributed by atoms with Gasteiger partial charge in [0.25, 0.3) is 0 Å². The molecule has 19 heavy (non-hydrogen) atoms. The molecule has 0 unspecified atom stereocenters. The molecular formula is C10H18N6O3. The maximum Gasteiger partial charge on any atom is 0.329 e. The molecule has 1 rings (SSSR count). The summed E-state index contributed by atoms with van der Waals surface area (Å²) < 4.78 is 4.94. The first-order valence-electron chi connectivity index (χ1n) is 5.90. The van der Waals surface area contributed by atoms with Crippen LogP contribution in [0.4, 0.5) is 17.5 Å². The summed E-state index contributed by atoms with van der Waals surface area (Å²) in [5.41, 5.74) is 2.08. The average Bonchev–Trinajstić information content (AvgIpc) is 2.42. The van der Waals surface area contributed by atoms with Gasteiger partial charge in [0, 0.05) is 20.3 Å². The van der Waals surface area contributed by atoms with Crippen LogP contribution in [-0.2, 0) is 4.74 Å². The Bertz CT molecular complexity index is 414. The monoisotopic (exact) mass is 270 g/mol. The molecule has 1 aromatic rings. The van der Waals surface area contributed by atoms with Gasteiger partial charge in [0.15, 0.2) is 0 Å². The molecule has 0 amide bonds. The largest absolute Gasteiger partial charge is 0.385 e. The number of nitrogens with two attached hydrogens (primary N) is 1. The van der Waals surface area contributed by atoms with Crippen LogP contribution in [0, 0.1) is 10.1 Å². The summed E-state index contributed by atoms with van der Waals surface area (Å²) in [6, 6.07) is 0. The first-order valence-corrected chi connectivity index (χ1v) is 5.90. The van der Waals surface area contributed by atoms with Gasteiger partial charge in [-0.1, -0.05) is 0 Å². The van der Waals surface area contributed by atoms with Gasteiger partial charge in [0.05, 0.1) is 4.92 Å². The second-order valence-corrected chi connectivity index (χ2v) is 3.81. The molecule has 0 aliphatic carbocycles. The van der Waals surface area contributed by atoms with Crippen molar-refractivity contribution in [2.75, 3.05) is 31.0 Å². The van der Waals surface area contributed by atoms with E-state index in [4.69, 9.17) is 10.6 Å². The predicted octanol–water partition coefficient (Wildman–Crippen LogP) is 0.899. The topological polar surface area (TPSA) is 128 Å². The van der Waals surface area contributed by atoms with Crippen molar-refractivity contribution < 1.29 is 9.66 Å². The van der Waals surface area contributed by atoms with Gasteiger partial charge in [-0.25, -0.2) is 10.8 Å². The second kappa shape index (κ2) is 8.16. The van der Waals surface area contributed by atoms with Crippen molar-refractivity contribution in [3.05, 3.63) is 16.3 Å².